The molecular weight excluding hydrogens is 844 g/mol. The number of nitrogens with one attached hydrogen (secondary N) is 3. The number of rotatable bonds is 18. The molecule has 0 saturated heterocycles. The van der Waals surface area contributed by atoms with Crippen molar-refractivity contribution in [1.82, 2.24) is 16.0 Å². The highest BCUT2D eigenvalue weighted by molar-refractivity contribution is 9.11. The molecule has 3 aromatic rings. The van der Waals surface area contributed by atoms with Gasteiger partial charge >= 0.3 is 0 Å². The SMILES string of the molecule is COCC(C)(CC(C)(CC(C)(C(=O)NCC[n+]1cccc(Br)c1)C(C)(C)C)C(=O)NCC[n+]1cccc(Br)c1)C(=O)NCC[n+]1cccc(Br)c1. The largest absolute Gasteiger partial charge is 0.384 e. The third-order valence-corrected chi connectivity index (χ3v) is 11.1. The molecular formula is C38H54Br3N6O4+3. The summed E-state index contributed by atoms with van der Waals surface area (Å²) in [6.07, 6.45) is 12.1. The van der Waals surface area contributed by atoms with Crippen LogP contribution in [-0.4, -0.2) is 51.1 Å². The summed E-state index contributed by atoms with van der Waals surface area (Å²) in [4.78, 5) is 42.7. The molecule has 0 aromatic carbocycles. The number of halogens is 3. The fourth-order valence-electron chi connectivity index (χ4n) is 6.47. The van der Waals surface area contributed by atoms with Crippen molar-refractivity contribution in [3.63, 3.8) is 0 Å². The molecule has 0 bridgehead atoms. The number of nitrogens with zero attached hydrogens (tertiary/aromatic N) is 3. The Bertz CT molecular complexity index is 1650. The standard InChI is InChI=1S/C38H51Br3N6O4/c1-35(2,3)38(6,34(50)44-16-22-47-19-10-13-31(41)25-47)27-36(4,32(48)42-14-20-45-17-8-11-29(39)23-45)26-37(5,28-51-7)33(49)43-15-21-46-18-9-12-30(40)24-46/h8-13,17-19,23-25H,14-16,20-22,26-28H2,1-7H3/p+3. The van der Waals surface area contributed by atoms with E-state index in [0.29, 0.717) is 39.3 Å². The molecule has 0 aliphatic rings. The fourth-order valence-corrected chi connectivity index (χ4v) is 7.72. The number of hydrogen-bond donors (Lipinski definition) is 3. The number of aromatic nitrogens is 3. The molecule has 0 aliphatic heterocycles. The zero-order valence-electron chi connectivity index (χ0n) is 30.9. The van der Waals surface area contributed by atoms with E-state index in [-0.39, 0.29) is 37.2 Å². The van der Waals surface area contributed by atoms with Crippen LogP contribution in [0, 0.1) is 21.7 Å². The Morgan fingerprint density at radius 3 is 1.33 bits per heavy atom. The minimum absolute atomic E-state index is 0.0991. The zero-order valence-corrected chi connectivity index (χ0v) is 35.7. The molecule has 0 aliphatic carbocycles. The number of pyridine rings is 3. The molecule has 0 spiro atoms. The van der Waals surface area contributed by atoms with Crippen LogP contribution in [0.3, 0.4) is 0 Å². The molecule has 3 unspecified atom stereocenters. The van der Waals surface area contributed by atoms with Crippen molar-refractivity contribution in [1.29, 1.82) is 0 Å². The normalized spacial score (nSPS) is 15.2. The van der Waals surface area contributed by atoms with Crippen LogP contribution in [0.1, 0.15) is 54.4 Å². The van der Waals surface area contributed by atoms with Crippen LogP contribution in [0.2, 0.25) is 0 Å². The summed E-state index contributed by atoms with van der Waals surface area (Å²) in [6, 6.07) is 11.7. The van der Waals surface area contributed by atoms with Gasteiger partial charge in [0.15, 0.2) is 56.8 Å². The van der Waals surface area contributed by atoms with Crippen molar-refractivity contribution < 1.29 is 32.8 Å². The van der Waals surface area contributed by atoms with Crippen LogP contribution in [0.25, 0.3) is 0 Å². The first-order valence-corrected chi connectivity index (χ1v) is 19.6. The minimum Gasteiger partial charge on any atom is -0.384 e. The van der Waals surface area contributed by atoms with Crippen LogP contribution in [0.5, 0.6) is 0 Å². The second-order valence-electron chi connectivity index (χ2n) is 15.0. The lowest BCUT2D eigenvalue weighted by molar-refractivity contribution is -0.695. The van der Waals surface area contributed by atoms with Crippen LogP contribution in [0.15, 0.2) is 87.0 Å². The first kappa shape index (κ1) is 42.7. The molecule has 13 heteroatoms. The Morgan fingerprint density at radius 2 is 0.980 bits per heavy atom. The summed E-state index contributed by atoms with van der Waals surface area (Å²) in [7, 11) is 1.56. The average molecular weight is 899 g/mol. The van der Waals surface area contributed by atoms with Gasteiger partial charge in [-0.15, -0.1) is 0 Å². The topological polar surface area (TPSA) is 108 Å². The minimum atomic E-state index is -1.13. The lowest BCUT2D eigenvalue weighted by Gasteiger charge is -2.47. The molecule has 3 aromatic heterocycles. The fraction of sp³-hybridized carbons (Fsp3) is 0.526. The molecule has 0 fully saturated rings. The lowest BCUT2D eigenvalue weighted by Crippen LogP contribution is -2.56. The number of methoxy groups -OCH3 is 1. The van der Waals surface area contributed by atoms with Crippen molar-refractivity contribution in [3.05, 3.63) is 87.0 Å². The first-order valence-electron chi connectivity index (χ1n) is 17.2. The summed E-state index contributed by atoms with van der Waals surface area (Å²) in [5, 5.41) is 9.41. The zero-order chi connectivity index (χ0) is 37.9. The van der Waals surface area contributed by atoms with Crippen molar-refractivity contribution in [2.75, 3.05) is 33.4 Å². The van der Waals surface area contributed by atoms with E-state index >= 15 is 0 Å². The summed E-state index contributed by atoms with van der Waals surface area (Å²) < 4.78 is 14.4. The van der Waals surface area contributed by atoms with E-state index in [1.54, 1.807) is 7.11 Å². The highest BCUT2D eigenvalue weighted by Crippen LogP contribution is 2.50. The van der Waals surface area contributed by atoms with E-state index < -0.39 is 21.7 Å². The third kappa shape index (κ3) is 12.4. The van der Waals surface area contributed by atoms with Gasteiger partial charge < -0.3 is 20.7 Å². The van der Waals surface area contributed by atoms with Gasteiger partial charge in [-0.25, -0.2) is 13.7 Å². The van der Waals surface area contributed by atoms with Gasteiger partial charge in [-0.3, -0.25) is 14.4 Å². The van der Waals surface area contributed by atoms with Gasteiger partial charge in [0, 0.05) is 30.7 Å². The van der Waals surface area contributed by atoms with Gasteiger partial charge in [-0.2, -0.15) is 0 Å². The van der Waals surface area contributed by atoms with Crippen molar-refractivity contribution in [2.45, 2.75) is 74.0 Å². The molecule has 10 nitrogen and oxygen atoms in total. The van der Waals surface area contributed by atoms with Gasteiger partial charge in [0.25, 0.3) is 0 Å². The Hall–Kier alpha value is -2.74. The summed E-state index contributed by atoms with van der Waals surface area (Å²) >= 11 is 10.5. The van der Waals surface area contributed by atoms with E-state index in [1.807, 2.05) is 129 Å². The van der Waals surface area contributed by atoms with Crippen LogP contribution < -0.4 is 29.7 Å². The van der Waals surface area contributed by atoms with Gasteiger partial charge in [0.1, 0.15) is 0 Å². The third-order valence-electron chi connectivity index (χ3n) is 9.67. The number of ether oxygens (including phenoxy) is 1. The van der Waals surface area contributed by atoms with Gasteiger partial charge in [0.05, 0.1) is 50.5 Å². The maximum Gasteiger partial charge on any atom is 0.228 e. The maximum absolute atomic E-state index is 14.5. The number of amides is 3. The predicted molar refractivity (Wildman–Crippen MR) is 207 cm³/mol. The van der Waals surface area contributed by atoms with E-state index in [1.165, 1.54) is 0 Å². The summed E-state index contributed by atoms with van der Waals surface area (Å²) in [5.74, 6) is -0.569. The summed E-state index contributed by atoms with van der Waals surface area (Å²) in [6.45, 7) is 14.7. The van der Waals surface area contributed by atoms with Gasteiger partial charge in [-0.05, 0) is 91.2 Å². The van der Waals surface area contributed by atoms with Gasteiger partial charge in [-0.1, -0.05) is 34.6 Å². The second kappa shape index (κ2) is 18.8. The Balaban J connectivity index is 1.89. The average Bonchev–Trinajstić information content (AvgIpc) is 3.04. The highest BCUT2D eigenvalue weighted by Gasteiger charge is 2.53. The van der Waals surface area contributed by atoms with Crippen LogP contribution >= 0.6 is 47.8 Å². The summed E-state index contributed by atoms with van der Waals surface area (Å²) in [5.41, 5.74) is -3.73. The molecule has 3 heterocycles. The molecule has 0 saturated carbocycles. The first-order chi connectivity index (χ1) is 23.9. The molecule has 51 heavy (non-hydrogen) atoms. The van der Waals surface area contributed by atoms with E-state index in [9.17, 15) is 14.4 Å². The smallest absolute Gasteiger partial charge is 0.228 e. The molecule has 3 atom stereocenters. The van der Waals surface area contributed by atoms with Crippen molar-refractivity contribution in [3.8, 4) is 0 Å². The maximum atomic E-state index is 14.5. The number of carbonyl (C=O) groups is 3. The predicted octanol–water partition coefficient (Wildman–Crippen LogP) is 5.08. The van der Waals surface area contributed by atoms with Gasteiger partial charge in [0.2, 0.25) is 17.7 Å². The number of carbonyl (C=O) groups excluding carboxylic acids is 3. The molecule has 278 valence electrons. The van der Waals surface area contributed by atoms with Crippen molar-refractivity contribution >= 4 is 65.5 Å². The second-order valence-corrected chi connectivity index (χ2v) is 17.8. The molecule has 3 rings (SSSR count). The Kier molecular flexibility index (Phi) is 15.8. The molecule has 0 radical (unpaired) electrons. The lowest BCUT2D eigenvalue weighted by atomic mass is 9.57. The Labute approximate surface area is 328 Å². The quantitative estimate of drug-likeness (QED) is 0.155. The van der Waals surface area contributed by atoms with E-state index in [4.69, 9.17) is 4.74 Å². The Morgan fingerprint density at radius 1 is 0.608 bits per heavy atom. The van der Waals surface area contributed by atoms with E-state index in [0.717, 1.165) is 13.4 Å². The van der Waals surface area contributed by atoms with Crippen molar-refractivity contribution in [2.24, 2.45) is 21.7 Å². The molecule has 3 N–H and O–H groups in total. The van der Waals surface area contributed by atoms with E-state index in [2.05, 4.69) is 63.7 Å². The van der Waals surface area contributed by atoms with Crippen LogP contribution in [-0.2, 0) is 38.8 Å². The monoisotopic (exact) mass is 895 g/mol. The highest BCUT2D eigenvalue weighted by atomic mass is 79.9. The molecule has 3 amide bonds. The number of hydrogen-bond acceptors (Lipinski definition) is 4. The van der Waals surface area contributed by atoms with Crippen LogP contribution in [0.4, 0.5) is 0 Å².